The fourth-order valence-electron chi connectivity index (χ4n) is 2.74. The lowest BCUT2D eigenvalue weighted by Crippen LogP contribution is -2.12. The van der Waals surface area contributed by atoms with Crippen LogP contribution in [0.15, 0.2) is 89.1 Å². The second-order valence-electron chi connectivity index (χ2n) is 6.16. The van der Waals surface area contributed by atoms with Gasteiger partial charge in [0.2, 0.25) is 0 Å². The average Bonchev–Trinajstić information content (AvgIpc) is 3.17. The van der Waals surface area contributed by atoms with Gasteiger partial charge >= 0.3 is 0 Å². The fourth-order valence-corrected chi connectivity index (χ4v) is 4.71. The Kier molecular flexibility index (Phi) is 4.85. The van der Waals surface area contributed by atoms with Crippen molar-refractivity contribution in [3.8, 4) is 22.4 Å². The molecule has 28 heavy (non-hydrogen) atoms. The van der Waals surface area contributed by atoms with Gasteiger partial charge in [0.15, 0.2) is 5.13 Å². The third-order valence-corrected chi connectivity index (χ3v) is 6.45. The summed E-state index contributed by atoms with van der Waals surface area (Å²) in [6, 6.07) is 24.2. The molecule has 4 rings (SSSR count). The lowest BCUT2D eigenvalue weighted by atomic mass is 10.0. The first kappa shape index (κ1) is 18.2. The van der Waals surface area contributed by atoms with E-state index < -0.39 is 10.0 Å². The van der Waals surface area contributed by atoms with Crippen LogP contribution in [0.1, 0.15) is 0 Å². The Morgan fingerprint density at radius 1 is 0.786 bits per heavy atom. The number of nitrogens with two attached hydrogens (primary N) is 1. The SMILES string of the molecule is Nc1ccc(S(=O)(=O)Nc2nc(-c3ccc(-c4ccccc4)cc3)cs2)cc1. The molecule has 0 amide bonds. The van der Waals surface area contributed by atoms with Gasteiger partial charge in [-0.3, -0.25) is 4.72 Å². The summed E-state index contributed by atoms with van der Waals surface area (Å²) in [4.78, 5) is 4.56. The number of nitrogens with one attached hydrogen (secondary N) is 1. The number of sulfonamides is 1. The first-order valence-corrected chi connectivity index (χ1v) is 10.9. The monoisotopic (exact) mass is 407 g/mol. The van der Waals surface area contributed by atoms with Gasteiger partial charge in [-0.2, -0.15) is 0 Å². The number of hydrogen-bond acceptors (Lipinski definition) is 5. The van der Waals surface area contributed by atoms with Crippen molar-refractivity contribution in [3.05, 3.63) is 84.2 Å². The quantitative estimate of drug-likeness (QED) is 0.463. The topological polar surface area (TPSA) is 85.1 Å². The van der Waals surface area contributed by atoms with Gasteiger partial charge in [0, 0.05) is 16.6 Å². The smallest absolute Gasteiger partial charge is 0.263 e. The van der Waals surface area contributed by atoms with E-state index in [1.807, 2.05) is 47.8 Å². The average molecular weight is 408 g/mol. The standard InChI is InChI=1S/C21H17N3O2S2/c22-18-10-12-19(13-11-18)28(25,26)24-21-23-20(14-27-21)17-8-6-16(7-9-17)15-4-2-1-3-5-15/h1-14H,22H2,(H,23,24). The van der Waals surface area contributed by atoms with Crippen molar-refractivity contribution in [2.45, 2.75) is 4.90 Å². The van der Waals surface area contributed by atoms with E-state index in [1.165, 1.54) is 23.5 Å². The molecule has 0 saturated carbocycles. The molecule has 1 aromatic heterocycles. The Hall–Kier alpha value is -3.16. The molecule has 0 radical (unpaired) electrons. The molecule has 3 aromatic carbocycles. The number of aromatic nitrogens is 1. The highest BCUT2D eigenvalue weighted by molar-refractivity contribution is 7.93. The Morgan fingerprint density at radius 2 is 1.39 bits per heavy atom. The largest absolute Gasteiger partial charge is 0.399 e. The zero-order valence-electron chi connectivity index (χ0n) is 14.7. The summed E-state index contributed by atoms with van der Waals surface area (Å²) >= 11 is 1.24. The van der Waals surface area contributed by atoms with E-state index in [1.54, 1.807) is 12.1 Å². The highest BCUT2D eigenvalue weighted by atomic mass is 32.2. The molecule has 4 aromatic rings. The van der Waals surface area contributed by atoms with Crippen molar-refractivity contribution in [1.29, 1.82) is 0 Å². The molecule has 0 aliphatic heterocycles. The van der Waals surface area contributed by atoms with E-state index in [-0.39, 0.29) is 4.90 Å². The van der Waals surface area contributed by atoms with E-state index in [2.05, 4.69) is 21.8 Å². The fraction of sp³-hybridized carbons (Fsp3) is 0. The third-order valence-electron chi connectivity index (χ3n) is 4.20. The van der Waals surface area contributed by atoms with Crippen molar-refractivity contribution in [1.82, 2.24) is 4.98 Å². The highest BCUT2D eigenvalue weighted by Gasteiger charge is 2.16. The van der Waals surface area contributed by atoms with Crippen LogP contribution >= 0.6 is 11.3 Å². The van der Waals surface area contributed by atoms with Crippen LogP contribution < -0.4 is 10.5 Å². The predicted molar refractivity (Wildman–Crippen MR) is 115 cm³/mol. The lowest BCUT2D eigenvalue weighted by molar-refractivity contribution is 0.601. The van der Waals surface area contributed by atoms with Crippen molar-refractivity contribution < 1.29 is 8.42 Å². The van der Waals surface area contributed by atoms with Crippen LogP contribution in [0, 0.1) is 0 Å². The number of rotatable bonds is 5. The molecular formula is C21H17N3O2S2. The molecule has 3 N–H and O–H groups in total. The minimum Gasteiger partial charge on any atom is -0.399 e. The molecule has 0 unspecified atom stereocenters. The number of nitrogens with zero attached hydrogens (tertiary/aromatic N) is 1. The minimum atomic E-state index is -3.70. The second-order valence-corrected chi connectivity index (χ2v) is 8.70. The maximum atomic E-state index is 12.5. The molecule has 0 saturated heterocycles. The molecule has 140 valence electrons. The number of nitrogen functional groups attached to an aromatic ring is 1. The van der Waals surface area contributed by atoms with E-state index in [0.29, 0.717) is 10.8 Å². The van der Waals surface area contributed by atoms with Crippen molar-refractivity contribution in [2.24, 2.45) is 0 Å². The molecule has 0 atom stereocenters. The summed E-state index contributed by atoms with van der Waals surface area (Å²) in [6.07, 6.45) is 0. The molecule has 5 nitrogen and oxygen atoms in total. The molecule has 0 bridgehead atoms. The molecule has 0 spiro atoms. The van der Waals surface area contributed by atoms with Gasteiger partial charge in [-0.15, -0.1) is 11.3 Å². The van der Waals surface area contributed by atoms with Gasteiger partial charge in [0.05, 0.1) is 10.6 Å². The number of benzene rings is 3. The van der Waals surface area contributed by atoms with Gasteiger partial charge in [0.1, 0.15) is 0 Å². The Balaban J connectivity index is 1.53. The van der Waals surface area contributed by atoms with Crippen molar-refractivity contribution >= 4 is 32.2 Å². The van der Waals surface area contributed by atoms with Crippen LogP contribution in [0.5, 0.6) is 0 Å². The van der Waals surface area contributed by atoms with E-state index in [9.17, 15) is 8.42 Å². The maximum absolute atomic E-state index is 12.5. The predicted octanol–water partition coefficient (Wildman–Crippen LogP) is 4.86. The van der Waals surface area contributed by atoms with Gasteiger partial charge < -0.3 is 5.73 Å². The molecule has 0 aliphatic carbocycles. The van der Waals surface area contributed by atoms with Gasteiger partial charge in [0.25, 0.3) is 10.0 Å². The maximum Gasteiger partial charge on any atom is 0.263 e. The van der Waals surface area contributed by atoms with Crippen molar-refractivity contribution in [3.63, 3.8) is 0 Å². The summed E-state index contributed by atoms with van der Waals surface area (Å²) in [7, 11) is -3.70. The Labute approximate surface area is 167 Å². The summed E-state index contributed by atoms with van der Waals surface area (Å²) in [5.41, 5.74) is 10.0. The first-order chi connectivity index (χ1) is 13.5. The minimum absolute atomic E-state index is 0.144. The van der Waals surface area contributed by atoms with Crippen LogP contribution in [0.2, 0.25) is 0 Å². The first-order valence-electron chi connectivity index (χ1n) is 8.51. The second kappa shape index (κ2) is 7.46. The molecule has 1 heterocycles. The highest BCUT2D eigenvalue weighted by Crippen LogP contribution is 2.28. The van der Waals surface area contributed by atoms with Gasteiger partial charge in [-0.1, -0.05) is 54.6 Å². The lowest BCUT2D eigenvalue weighted by Gasteiger charge is -2.05. The van der Waals surface area contributed by atoms with E-state index in [4.69, 9.17) is 5.73 Å². The number of hydrogen-bond donors (Lipinski definition) is 2. The van der Waals surface area contributed by atoms with Gasteiger partial charge in [-0.25, -0.2) is 13.4 Å². The van der Waals surface area contributed by atoms with E-state index in [0.717, 1.165) is 22.4 Å². The van der Waals surface area contributed by atoms with E-state index >= 15 is 0 Å². The van der Waals surface area contributed by atoms with Crippen molar-refractivity contribution in [2.75, 3.05) is 10.5 Å². The summed E-state index contributed by atoms with van der Waals surface area (Å²) in [6.45, 7) is 0. The summed E-state index contributed by atoms with van der Waals surface area (Å²) in [5, 5.41) is 2.15. The summed E-state index contributed by atoms with van der Waals surface area (Å²) < 4.78 is 27.5. The molecular weight excluding hydrogens is 390 g/mol. The Bertz CT molecular complexity index is 1180. The zero-order valence-corrected chi connectivity index (χ0v) is 16.4. The number of thiazole rings is 1. The zero-order chi connectivity index (χ0) is 19.6. The van der Waals surface area contributed by atoms with Crippen LogP contribution in [0.3, 0.4) is 0 Å². The number of anilines is 2. The third kappa shape index (κ3) is 3.90. The normalized spacial score (nSPS) is 11.3. The van der Waals surface area contributed by atoms with Gasteiger partial charge in [-0.05, 0) is 35.4 Å². The van der Waals surface area contributed by atoms with Crippen LogP contribution in [0.4, 0.5) is 10.8 Å². The van der Waals surface area contributed by atoms with Crippen LogP contribution in [-0.2, 0) is 10.0 Å². The molecule has 7 heteroatoms. The summed E-state index contributed by atoms with van der Waals surface area (Å²) in [5.74, 6) is 0. The van der Waals surface area contributed by atoms with Crippen LogP contribution in [-0.4, -0.2) is 13.4 Å². The Morgan fingerprint density at radius 3 is 2.07 bits per heavy atom. The molecule has 0 fully saturated rings. The molecule has 0 aliphatic rings. The van der Waals surface area contributed by atoms with Crippen LogP contribution in [0.25, 0.3) is 22.4 Å².